The summed E-state index contributed by atoms with van der Waals surface area (Å²) in [6.07, 6.45) is 1.77. The molecule has 1 fully saturated rings. The summed E-state index contributed by atoms with van der Waals surface area (Å²) in [5.74, 6) is -1.11. The van der Waals surface area contributed by atoms with E-state index >= 15 is 0 Å². The molecule has 1 unspecified atom stereocenters. The van der Waals surface area contributed by atoms with Gasteiger partial charge in [0.2, 0.25) is 10.0 Å². The number of piperidine rings is 1. The second-order valence-electron chi connectivity index (χ2n) is 4.81. The van der Waals surface area contributed by atoms with Gasteiger partial charge in [0.25, 0.3) is 0 Å². The number of nitrogens with one attached hydrogen (secondary N) is 1. The Morgan fingerprint density at radius 3 is 2.95 bits per heavy atom. The Kier molecular flexibility index (Phi) is 4.79. The summed E-state index contributed by atoms with van der Waals surface area (Å²) in [5.41, 5.74) is 0. The number of carboxylic acids is 1. The molecule has 0 aromatic carbocycles. The third-order valence-corrected chi connectivity index (χ3v) is 5.94. The average molecular weight is 318 g/mol. The fourth-order valence-electron chi connectivity index (χ4n) is 2.30. The van der Waals surface area contributed by atoms with Gasteiger partial charge in [-0.05, 0) is 32.0 Å². The third kappa shape index (κ3) is 3.57. The Balaban J connectivity index is 2.08. The smallest absolute Gasteiger partial charge is 0.345 e. The zero-order chi connectivity index (χ0) is 14.8. The topological polar surface area (TPSA) is 86.7 Å². The van der Waals surface area contributed by atoms with Crippen LogP contribution >= 0.6 is 11.3 Å². The van der Waals surface area contributed by atoms with E-state index in [9.17, 15) is 13.2 Å². The predicted octanol–water partition coefficient (Wildman–Crippen LogP) is 1.21. The summed E-state index contributed by atoms with van der Waals surface area (Å²) in [6, 6.07) is 1.09. The standard InChI is InChI=1S/C12H18N2O4S2/c1-2-14-5-3-4-9(7-14)13-20(17,18)10-6-11(12(15)16)19-8-10/h6,8-9,13H,2-5,7H2,1H3,(H,15,16). The first kappa shape index (κ1) is 15.4. The summed E-state index contributed by atoms with van der Waals surface area (Å²) < 4.78 is 27.1. The molecule has 1 aliphatic rings. The number of thiophene rings is 1. The average Bonchev–Trinajstić information content (AvgIpc) is 2.89. The molecule has 0 spiro atoms. The minimum absolute atomic E-state index is 0.0317. The van der Waals surface area contributed by atoms with Crippen LogP contribution in [0, 0.1) is 0 Å². The van der Waals surface area contributed by atoms with E-state index in [-0.39, 0.29) is 15.8 Å². The van der Waals surface area contributed by atoms with Gasteiger partial charge in [-0.25, -0.2) is 17.9 Å². The van der Waals surface area contributed by atoms with Crippen LogP contribution in [0.15, 0.2) is 16.3 Å². The maximum absolute atomic E-state index is 12.2. The lowest BCUT2D eigenvalue weighted by Crippen LogP contribution is -2.47. The lowest BCUT2D eigenvalue weighted by molar-refractivity contribution is 0.0702. The van der Waals surface area contributed by atoms with Gasteiger partial charge in [-0.2, -0.15) is 0 Å². The van der Waals surface area contributed by atoms with E-state index < -0.39 is 16.0 Å². The van der Waals surface area contributed by atoms with E-state index in [0.717, 1.165) is 37.3 Å². The zero-order valence-electron chi connectivity index (χ0n) is 11.2. The van der Waals surface area contributed by atoms with Gasteiger partial charge in [-0.3, -0.25) is 0 Å². The molecular weight excluding hydrogens is 300 g/mol. The highest BCUT2D eigenvalue weighted by molar-refractivity contribution is 7.89. The second-order valence-corrected chi connectivity index (χ2v) is 7.43. The number of likely N-dealkylation sites (tertiary alicyclic amines) is 1. The van der Waals surface area contributed by atoms with Crippen LogP contribution < -0.4 is 4.72 Å². The number of likely N-dealkylation sites (N-methyl/N-ethyl adjacent to an activating group) is 1. The highest BCUT2D eigenvalue weighted by Gasteiger charge is 2.25. The number of aromatic carboxylic acids is 1. The molecule has 0 aliphatic carbocycles. The molecule has 1 aromatic heterocycles. The van der Waals surface area contributed by atoms with Crippen LogP contribution in [0.2, 0.25) is 0 Å². The fraction of sp³-hybridized carbons (Fsp3) is 0.583. The quantitative estimate of drug-likeness (QED) is 0.852. The van der Waals surface area contributed by atoms with Gasteiger partial charge in [0.1, 0.15) is 4.88 Å². The number of hydrogen-bond donors (Lipinski definition) is 2. The van der Waals surface area contributed by atoms with Crippen LogP contribution in [0.4, 0.5) is 0 Å². The van der Waals surface area contributed by atoms with Gasteiger partial charge in [0.05, 0.1) is 4.90 Å². The maximum atomic E-state index is 12.2. The molecule has 0 radical (unpaired) electrons. The summed E-state index contributed by atoms with van der Waals surface area (Å²) in [4.78, 5) is 13.1. The molecule has 1 saturated heterocycles. The van der Waals surface area contributed by atoms with Gasteiger partial charge in [0.15, 0.2) is 0 Å². The monoisotopic (exact) mass is 318 g/mol. The van der Waals surface area contributed by atoms with Crippen molar-refractivity contribution >= 4 is 27.3 Å². The van der Waals surface area contributed by atoms with Crippen LogP contribution in [-0.4, -0.2) is 50.1 Å². The van der Waals surface area contributed by atoms with E-state index in [4.69, 9.17) is 5.11 Å². The Bertz CT molecular complexity index is 582. The van der Waals surface area contributed by atoms with E-state index in [0.29, 0.717) is 6.54 Å². The van der Waals surface area contributed by atoms with Gasteiger partial charge < -0.3 is 10.0 Å². The molecule has 1 aromatic rings. The molecule has 6 nitrogen and oxygen atoms in total. The van der Waals surface area contributed by atoms with Crippen molar-refractivity contribution in [2.24, 2.45) is 0 Å². The summed E-state index contributed by atoms with van der Waals surface area (Å²) in [6.45, 7) is 4.65. The Labute approximate surface area is 122 Å². The highest BCUT2D eigenvalue weighted by atomic mass is 32.2. The first-order valence-corrected chi connectivity index (χ1v) is 8.85. The summed E-state index contributed by atoms with van der Waals surface area (Å²) in [5, 5.41) is 10.2. The predicted molar refractivity (Wildman–Crippen MR) is 76.7 cm³/mol. The molecule has 1 atom stereocenters. The largest absolute Gasteiger partial charge is 0.477 e. The molecule has 0 amide bonds. The van der Waals surface area contributed by atoms with Crippen LogP contribution in [-0.2, 0) is 10.0 Å². The number of rotatable bonds is 5. The maximum Gasteiger partial charge on any atom is 0.345 e. The lowest BCUT2D eigenvalue weighted by Gasteiger charge is -2.31. The minimum Gasteiger partial charge on any atom is -0.477 e. The lowest BCUT2D eigenvalue weighted by atomic mass is 10.1. The number of nitrogens with zero attached hydrogens (tertiary/aromatic N) is 1. The summed E-state index contributed by atoms with van der Waals surface area (Å²) >= 11 is 0.922. The van der Waals surface area contributed by atoms with Crippen LogP contribution in [0.5, 0.6) is 0 Å². The Morgan fingerprint density at radius 1 is 1.60 bits per heavy atom. The molecule has 1 aliphatic heterocycles. The van der Waals surface area contributed by atoms with E-state index in [1.54, 1.807) is 0 Å². The van der Waals surface area contributed by atoms with Crippen molar-refractivity contribution in [1.82, 2.24) is 9.62 Å². The van der Waals surface area contributed by atoms with Crippen molar-refractivity contribution in [2.75, 3.05) is 19.6 Å². The van der Waals surface area contributed by atoms with Crippen LogP contribution in [0.3, 0.4) is 0 Å². The molecule has 20 heavy (non-hydrogen) atoms. The van der Waals surface area contributed by atoms with Crippen LogP contribution in [0.1, 0.15) is 29.4 Å². The molecule has 0 bridgehead atoms. The van der Waals surface area contributed by atoms with Crippen molar-refractivity contribution in [1.29, 1.82) is 0 Å². The molecule has 0 saturated carbocycles. The van der Waals surface area contributed by atoms with Crippen molar-refractivity contribution in [3.63, 3.8) is 0 Å². The Morgan fingerprint density at radius 2 is 2.35 bits per heavy atom. The Hall–Kier alpha value is -0.960. The first-order chi connectivity index (χ1) is 9.42. The van der Waals surface area contributed by atoms with Gasteiger partial charge in [-0.15, -0.1) is 11.3 Å². The molecule has 2 rings (SSSR count). The van der Waals surface area contributed by atoms with Crippen molar-refractivity contribution in [3.05, 3.63) is 16.3 Å². The van der Waals surface area contributed by atoms with Crippen molar-refractivity contribution < 1.29 is 18.3 Å². The highest BCUT2D eigenvalue weighted by Crippen LogP contribution is 2.20. The minimum atomic E-state index is -3.63. The molecule has 2 heterocycles. The van der Waals surface area contributed by atoms with Gasteiger partial charge in [0, 0.05) is 18.0 Å². The third-order valence-electron chi connectivity index (χ3n) is 3.37. The molecule has 8 heteroatoms. The molecular formula is C12H18N2O4S2. The number of hydrogen-bond acceptors (Lipinski definition) is 5. The molecule has 2 N–H and O–H groups in total. The zero-order valence-corrected chi connectivity index (χ0v) is 12.8. The van der Waals surface area contributed by atoms with E-state index in [1.165, 1.54) is 11.4 Å². The number of carboxylic acid groups (broad SMARTS) is 1. The molecule has 112 valence electrons. The van der Waals surface area contributed by atoms with Crippen molar-refractivity contribution in [2.45, 2.75) is 30.7 Å². The van der Waals surface area contributed by atoms with Crippen LogP contribution in [0.25, 0.3) is 0 Å². The second kappa shape index (κ2) is 6.21. The van der Waals surface area contributed by atoms with E-state index in [1.807, 2.05) is 0 Å². The normalized spacial score (nSPS) is 20.9. The first-order valence-electron chi connectivity index (χ1n) is 6.49. The number of carbonyl (C=O) groups is 1. The van der Waals surface area contributed by atoms with Gasteiger partial charge in [-0.1, -0.05) is 6.92 Å². The van der Waals surface area contributed by atoms with Gasteiger partial charge >= 0.3 is 5.97 Å². The SMILES string of the molecule is CCN1CCCC(NS(=O)(=O)c2csc(C(=O)O)c2)C1. The van der Waals surface area contributed by atoms with Crippen molar-refractivity contribution in [3.8, 4) is 0 Å². The number of sulfonamides is 1. The summed E-state index contributed by atoms with van der Waals surface area (Å²) in [7, 11) is -3.63. The fourth-order valence-corrected chi connectivity index (χ4v) is 4.67. The van der Waals surface area contributed by atoms with E-state index in [2.05, 4.69) is 16.5 Å².